The molecule has 5 rings (SSSR count). The molecule has 0 saturated heterocycles. The van der Waals surface area contributed by atoms with Crippen molar-refractivity contribution in [3.63, 3.8) is 0 Å². The van der Waals surface area contributed by atoms with Crippen molar-refractivity contribution in [1.29, 1.82) is 0 Å². The monoisotopic (exact) mass is 498 g/mol. The van der Waals surface area contributed by atoms with Gasteiger partial charge in [0.1, 0.15) is 0 Å². The van der Waals surface area contributed by atoms with Crippen LogP contribution in [0.3, 0.4) is 0 Å². The highest BCUT2D eigenvalue weighted by atomic mass is 16.3. The van der Waals surface area contributed by atoms with E-state index in [-0.39, 0.29) is 0 Å². The quantitative estimate of drug-likeness (QED) is 0.344. The Balaban J connectivity index is 0.000000195. The second-order valence-corrected chi connectivity index (χ2v) is 10.5. The summed E-state index contributed by atoms with van der Waals surface area (Å²) < 4.78 is 0. The van der Waals surface area contributed by atoms with Gasteiger partial charge in [-0.2, -0.15) is 0 Å². The van der Waals surface area contributed by atoms with Crippen molar-refractivity contribution in [3.05, 3.63) is 100.0 Å². The summed E-state index contributed by atoms with van der Waals surface area (Å²) in [4.78, 5) is 7.72. The van der Waals surface area contributed by atoms with E-state index >= 15 is 0 Å². The van der Waals surface area contributed by atoms with Crippen LogP contribution in [0.4, 0.5) is 5.69 Å². The van der Waals surface area contributed by atoms with Crippen LogP contribution in [0, 0.1) is 12.8 Å². The summed E-state index contributed by atoms with van der Waals surface area (Å²) >= 11 is 0. The molecule has 5 heteroatoms. The number of aromatic amines is 1. The predicted molar refractivity (Wildman–Crippen MR) is 155 cm³/mol. The van der Waals surface area contributed by atoms with Gasteiger partial charge in [-0.05, 0) is 92.0 Å². The third-order valence-corrected chi connectivity index (χ3v) is 7.14. The maximum Gasteiger partial charge on any atom is 0.0966 e. The van der Waals surface area contributed by atoms with Gasteiger partial charge in [-0.1, -0.05) is 44.6 Å². The molecule has 4 N–H and O–H groups in total. The molecule has 3 aliphatic rings. The first kappa shape index (κ1) is 26.7. The molecule has 0 aliphatic heterocycles. The number of aryl methyl sites for hydroxylation is 1. The molecule has 5 nitrogen and oxygen atoms in total. The zero-order valence-corrected chi connectivity index (χ0v) is 23.0. The Bertz CT molecular complexity index is 1260. The summed E-state index contributed by atoms with van der Waals surface area (Å²) in [6.45, 7) is 12.0. The number of rotatable bonds is 6. The van der Waals surface area contributed by atoms with Crippen molar-refractivity contribution in [1.82, 2.24) is 15.3 Å². The van der Waals surface area contributed by atoms with E-state index in [4.69, 9.17) is 0 Å². The van der Waals surface area contributed by atoms with E-state index in [2.05, 4.69) is 97.9 Å². The van der Waals surface area contributed by atoms with Crippen molar-refractivity contribution in [2.24, 2.45) is 5.92 Å². The molecule has 0 radical (unpaired) electrons. The fourth-order valence-corrected chi connectivity index (χ4v) is 5.14. The number of aliphatic hydroxyl groups excluding tert-OH is 1. The number of hydrogen-bond acceptors (Lipinski definition) is 4. The van der Waals surface area contributed by atoms with Crippen LogP contribution < -0.4 is 10.6 Å². The second-order valence-electron chi connectivity index (χ2n) is 10.5. The molecule has 0 aromatic carbocycles. The van der Waals surface area contributed by atoms with E-state index in [1.807, 2.05) is 6.07 Å². The molecule has 1 unspecified atom stereocenters. The largest absolute Gasteiger partial charge is 0.388 e. The Kier molecular flexibility index (Phi) is 8.88. The number of hydrogen-bond donors (Lipinski definition) is 4. The third kappa shape index (κ3) is 6.53. The number of aromatic nitrogens is 2. The number of anilines is 1. The molecule has 196 valence electrons. The van der Waals surface area contributed by atoms with Gasteiger partial charge in [-0.15, -0.1) is 0 Å². The van der Waals surface area contributed by atoms with E-state index in [0.717, 1.165) is 61.3 Å². The minimum Gasteiger partial charge on any atom is -0.388 e. The number of fused-ring (bicyclic) bond motifs is 2. The summed E-state index contributed by atoms with van der Waals surface area (Å²) in [5, 5.41) is 17.0. The van der Waals surface area contributed by atoms with E-state index in [9.17, 15) is 5.11 Å². The first-order valence-corrected chi connectivity index (χ1v) is 13.7. The van der Waals surface area contributed by atoms with E-state index in [0.29, 0.717) is 5.92 Å². The molecule has 0 saturated carbocycles. The Hall–Kier alpha value is -3.31. The SMILES string of the molecule is CCCNC1=CC=C(Nc2ccnc3c2CCC3O)C=C(C)C1.Cc1c[nH]c2c1CC=CC=C2C(C)C. The van der Waals surface area contributed by atoms with Crippen molar-refractivity contribution < 1.29 is 5.11 Å². The molecule has 2 aromatic rings. The highest BCUT2D eigenvalue weighted by Gasteiger charge is 2.24. The molecular formula is C32H42N4O. The number of nitrogens with one attached hydrogen (secondary N) is 3. The van der Waals surface area contributed by atoms with E-state index in [1.165, 1.54) is 33.7 Å². The molecular weight excluding hydrogens is 456 g/mol. The maximum absolute atomic E-state index is 9.98. The predicted octanol–water partition coefficient (Wildman–Crippen LogP) is 7.07. The molecule has 2 heterocycles. The fourth-order valence-electron chi connectivity index (χ4n) is 5.14. The van der Waals surface area contributed by atoms with Crippen molar-refractivity contribution in [3.8, 4) is 0 Å². The molecule has 0 bridgehead atoms. The van der Waals surface area contributed by atoms with E-state index in [1.54, 1.807) is 6.20 Å². The van der Waals surface area contributed by atoms with Crippen LogP contribution in [-0.2, 0) is 12.8 Å². The van der Waals surface area contributed by atoms with Crippen LogP contribution in [0.25, 0.3) is 5.57 Å². The number of H-pyrrole nitrogens is 1. The lowest BCUT2D eigenvalue weighted by Gasteiger charge is -2.12. The average molecular weight is 499 g/mol. The average Bonchev–Trinajstić information content (AvgIpc) is 3.27. The van der Waals surface area contributed by atoms with Gasteiger partial charge in [0.25, 0.3) is 0 Å². The Morgan fingerprint density at radius 3 is 2.78 bits per heavy atom. The number of pyridine rings is 1. The van der Waals surface area contributed by atoms with Gasteiger partial charge in [0.05, 0.1) is 11.8 Å². The lowest BCUT2D eigenvalue weighted by atomic mass is 9.96. The number of allylic oxidation sites excluding steroid dienone is 8. The second kappa shape index (κ2) is 12.3. The minimum absolute atomic E-state index is 0.420. The third-order valence-electron chi connectivity index (χ3n) is 7.14. The van der Waals surface area contributed by atoms with Crippen LogP contribution in [0.15, 0.2) is 71.9 Å². The highest BCUT2D eigenvalue weighted by molar-refractivity contribution is 5.70. The van der Waals surface area contributed by atoms with Crippen LogP contribution in [0.1, 0.15) is 81.1 Å². The summed E-state index contributed by atoms with van der Waals surface area (Å²) in [6, 6.07) is 1.99. The number of aliphatic hydroxyl groups is 1. The maximum atomic E-state index is 9.98. The van der Waals surface area contributed by atoms with Crippen LogP contribution >= 0.6 is 0 Å². The van der Waals surface area contributed by atoms with Gasteiger partial charge in [0, 0.05) is 48.1 Å². The van der Waals surface area contributed by atoms with E-state index < -0.39 is 6.10 Å². The van der Waals surface area contributed by atoms with Gasteiger partial charge < -0.3 is 20.7 Å². The van der Waals surface area contributed by atoms with Gasteiger partial charge in [-0.25, -0.2) is 0 Å². The van der Waals surface area contributed by atoms with Crippen LogP contribution in [0.2, 0.25) is 0 Å². The molecule has 2 aromatic heterocycles. The smallest absolute Gasteiger partial charge is 0.0966 e. The number of nitrogens with zero attached hydrogens (tertiary/aromatic N) is 1. The fraction of sp³-hybridized carbons (Fsp3) is 0.406. The van der Waals surface area contributed by atoms with Crippen LogP contribution in [-0.4, -0.2) is 21.6 Å². The normalized spacial score (nSPS) is 18.3. The lowest BCUT2D eigenvalue weighted by Crippen LogP contribution is -2.13. The summed E-state index contributed by atoms with van der Waals surface area (Å²) in [7, 11) is 0. The molecule has 1 atom stereocenters. The van der Waals surface area contributed by atoms with Crippen molar-refractivity contribution in [2.75, 3.05) is 11.9 Å². The summed E-state index contributed by atoms with van der Waals surface area (Å²) in [5.41, 5.74) is 12.3. The topological polar surface area (TPSA) is 73.0 Å². The Morgan fingerprint density at radius 2 is 2.00 bits per heavy atom. The van der Waals surface area contributed by atoms with Crippen molar-refractivity contribution >= 4 is 11.3 Å². The first-order chi connectivity index (χ1) is 17.9. The Labute approximate surface area is 222 Å². The van der Waals surface area contributed by atoms with Gasteiger partial charge >= 0.3 is 0 Å². The standard InChI is InChI=1S/C19H25N3O.C13H17N/c1-3-9-20-14-4-5-15(12-13(2)11-14)22-17-8-10-21-19-16(17)6-7-18(19)23;1-9(2)11-6-4-5-7-12-10(3)8-14-13(11)12/h4-5,8,10,12,18,20,23H,3,6-7,9,11H2,1-2H3,(H,21,22);4-6,8-9,14H,7H2,1-3H3. The molecule has 3 aliphatic carbocycles. The summed E-state index contributed by atoms with van der Waals surface area (Å²) in [6.07, 6.45) is 21.3. The van der Waals surface area contributed by atoms with Gasteiger partial charge in [0.15, 0.2) is 0 Å². The molecule has 0 spiro atoms. The lowest BCUT2D eigenvalue weighted by molar-refractivity contribution is 0.176. The van der Waals surface area contributed by atoms with Crippen molar-refractivity contribution in [2.45, 2.75) is 72.8 Å². The minimum atomic E-state index is -0.420. The zero-order valence-electron chi connectivity index (χ0n) is 23.0. The molecule has 0 fully saturated rings. The first-order valence-electron chi connectivity index (χ1n) is 13.7. The Morgan fingerprint density at radius 1 is 1.16 bits per heavy atom. The van der Waals surface area contributed by atoms with Gasteiger partial charge in [-0.3, -0.25) is 4.98 Å². The molecule has 37 heavy (non-hydrogen) atoms. The summed E-state index contributed by atoms with van der Waals surface area (Å²) in [5.74, 6) is 0.578. The zero-order chi connectivity index (χ0) is 26.4. The highest BCUT2D eigenvalue weighted by Crippen LogP contribution is 2.34. The van der Waals surface area contributed by atoms with Gasteiger partial charge in [0.2, 0.25) is 0 Å². The molecule has 0 amide bonds. The van der Waals surface area contributed by atoms with Crippen LogP contribution in [0.5, 0.6) is 0 Å².